The number of hydrogen-bond donors (Lipinski definition) is 2. The smallest absolute Gasteiger partial charge is 0.333 e. The van der Waals surface area contributed by atoms with Gasteiger partial charge in [-0.05, 0) is 56.5 Å². The number of aromatic nitrogens is 2. The van der Waals surface area contributed by atoms with Gasteiger partial charge in [-0.15, -0.1) is 11.3 Å². The van der Waals surface area contributed by atoms with Gasteiger partial charge in [-0.2, -0.15) is 0 Å². The average molecular weight is 498 g/mol. The van der Waals surface area contributed by atoms with Gasteiger partial charge in [-0.25, -0.2) is 9.78 Å². The minimum Gasteiger partial charge on any atom is -0.497 e. The highest BCUT2D eigenvalue weighted by Crippen LogP contribution is 2.30. The number of carboxylic acid groups (broad SMARTS) is 1. The van der Waals surface area contributed by atoms with Crippen molar-refractivity contribution in [3.8, 4) is 16.5 Å². The summed E-state index contributed by atoms with van der Waals surface area (Å²) in [5, 5.41) is 13.5. The second-order valence-corrected chi connectivity index (χ2v) is 9.43. The molecule has 1 amide bonds. The molecule has 0 bridgehead atoms. The van der Waals surface area contributed by atoms with E-state index in [9.17, 15) is 14.7 Å². The number of amides is 1. The van der Waals surface area contributed by atoms with Crippen LogP contribution in [0.5, 0.6) is 5.75 Å². The molecule has 8 nitrogen and oxygen atoms in total. The Morgan fingerprint density at radius 1 is 1.17 bits per heavy atom. The molecule has 186 valence electrons. The van der Waals surface area contributed by atoms with Gasteiger partial charge in [0.25, 0.3) is 5.91 Å². The van der Waals surface area contributed by atoms with Gasteiger partial charge in [0.1, 0.15) is 22.1 Å². The lowest BCUT2D eigenvalue weighted by Gasteiger charge is -2.26. The molecule has 0 radical (unpaired) electrons. The minimum atomic E-state index is -1.14. The number of rotatable bonds is 11. The third-order valence-corrected chi connectivity index (χ3v) is 6.71. The Morgan fingerprint density at radius 2 is 1.89 bits per heavy atom. The van der Waals surface area contributed by atoms with Gasteiger partial charge < -0.3 is 19.9 Å². The van der Waals surface area contributed by atoms with Crippen LogP contribution >= 0.6 is 11.3 Å². The van der Waals surface area contributed by atoms with Crippen LogP contribution in [0, 0.1) is 6.92 Å². The molecule has 0 fully saturated rings. The normalized spacial score (nSPS) is 12.9. The van der Waals surface area contributed by atoms with Crippen LogP contribution in [0.1, 0.15) is 53.2 Å². The van der Waals surface area contributed by atoms with E-state index in [1.165, 1.54) is 11.3 Å². The number of benzene rings is 1. The number of thiazole rings is 1. The van der Waals surface area contributed by atoms with Crippen molar-refractivity contribution in [3.63, 3.8) is 0 Å². The molecule has 2 heterocycles. The minimum absolute atomic E-state index is 0.0630. The van der Waals surface area contributed by atoms with Crippen LogP contribution in [0.2, 0.25) is 0 Å². The molecule has 0 aliphatic carbocycles. The van der Waals surface area contributed by atoms with E-state index in [4.69, 9.17) is 9.47 Å². The van der Waals surface area contributed by atoms with Crippen molar-refractivity contribution < 1.29 is 24.2 Å². The molecule has 0 aliphatic rings. The van der Waals surface area contributed by atoms with E-state index in [-0.39, 0.29) is 18.6 Å². The lowest BCUT2D eigenvalue weighted by molar-refractivity contribution is -0.155. The average Bonchev–Trinajstić information content (AvgIpc) is 3.28. The second kappa shape index (κ2) is 11.9. The van der Waals surface area contributed by atoms with Crippen LogP contribution in [-0.4, -0.2) is 52.8 Å². The lowest BCUT2D eigenvalue weighted by Crippen LogP contribution is -2.40. The van der Waals surface area contributed by atoms with Gasteiger partial charge in [-0.1, -0.05) is 25.1 Å². The number of pyridine rings is 1. The summed E-state index contributed by atoms with van der Waals surface area (Å²) in [6.07, 6.45) is 0.899. The number of carboxylic acids is 1. The van der Waals surface area contributed by atoms with Crippen molar-refractivity contribution in [2.75, 3.05) is 13.7 Å². The monoisotopic (exact) mass is 497 g/mol. The van der Waals surface area contributed by atoms with Crippen molar-refractivity contribution in [1.29, 1.82) is 0 Å². The predicted molar refractivity (Wildman–Crippen MR) is 135 cm³/mol. The number of aliphatic carboxylic acids is 1. The zero-order chi connectivity index (χ0) is 25.5. The molecule has 0 aliphatic heterocycles. The van der Waals surface area contributed by atoms with Crippen LogP contribution in [-0.2, 0) is 16.0 Å². The Balaban J connectivity index is 1.88. The highest BCUT2D eigenvalue weighted by molar-refractivity contribution is 7.15. The summed E-state index contributed by atoms with van der Waals surface area (Å²) in [7, 11) is 1.56. The first-order chi connectivity index (χ1) is 16.7. The van der Waals surface area contributed by atoms with Gasteiger partial charge in [0.2, 0.25) is 0 Å². The van der Waals surface area contributed by atoms with E-state index >= 15 is 0 Å². The van der Waals surface area contributed by atoms with Crippen LogP contribution < -0.4 is 10.1 Å². The summed E-state index contributed by atoms with van der Waals surface area (Å²) in [5.74, 6) is -1.42. The zero-order valence-electron chi connectivity index (χ0n) is 20.6. The van der Waals surface area contributed by atoms with Gasteiger partial charge in [0.05, 0.1) is 13.2 Å². The fourth-order valence-electron chi connectivity index (χ4n) is 3.74. The van der Waals surface area contributed by atoms with Crippen molar-refractivity contribution >= 4 is 23.2 Å². The highest BCUT2D eigenvalue weighted by Gasteiger charge is 2.32. The summed E-state index contributed by atoms with van der Waals surface area (Å²) in [4.78, 5) is 35.2. The first kappa shape index (κ1) is 26.3. The van der Waals surface area contributed by atoms with Crippen molar-refractivity contribution in [3.05, 3.63) is 64.3 Å². The standard InChI is InChI=1S/C26H31N3O5S/c1-6-20-22(29-25(35-20)21-16(4)8-7-13-27-21)24(30)28-14-19(23(26(31)32)34-15(2)3)17-9-11-18(33-5)12-10-17/h7-13,15,19,23H,6,14H2,1-5H3,(H,28,30)(H,31,32). The first-order valence-corrected chi connectivity index (χ1v) is 12.3. The number of carbonyl (C=O) groups excluding carboxylic acids is 1. The van der Waals surface area contributed by atoms with E-state index in [1.807, 2.05) is 26.0 Å². The Labute approximate surface area is 209 Å². The van der Waals surface area contributed by atoms with Crippen molar-refractivity contribution in [1.82, 2.24) is 15.3 Å². The predicted octanol–water partition coefficient (Wildman–Crippen LogP) is 4.48. The molecular weight excluding hydrogens is 466 g/mol. The molecular formula is C26H31N3O5S. The third kappa shape index (κ3) is 6.43. The molecule has 0 saturated carbocycles. The lowest BCUT2D eigenvalue weighted by atomic mass is 9.92. The number of hydrogen-bond acceptors (Lipinski definition) is 7. The second-order valence-electron chi connectivity index (χ2n) is 8.35. The fourth-order valence-corrected chi connectivity index (χ4v) is 4.80. The molecule has 2 atom stereocenters. The highest BCUT2D eigenvalue weighted by atomic mass is 32.1. The molecule has 2 N–H and O–H groups in total. The Hall–Kier alpha value is -3.30. The largest absolute Gasteiger partial charge is 0.497 e. The van der Waals surface area contributed by atoms with Crippen molar-refractivity contribution in [2.45, 2.75) is 52.2 Å². The Morgan fingerprint density at radius 3 is 2.46 bits per heavy atom. The van der Waals surface area contributed by atoms with Crippen molar-refractivity contribution in [2.24, 2.45) is 0 Å². The number of nitrogens with one attached hydrogen (secondary N) is 1. The molecule has 2 unspecified atom stereocenters. The number of ether oxygens (including phenoxy) is 2. The molecule has 2 aromatic heterocycles. The van der Waals surface area contributed by atoms with Gasteiger partial charge in [-0.3, -0.25) is 9.78 Å². The number of carbonyl (C=O) groups is 2. The zero-order valence-corrected chi connectivity index (χ0v) is 21.4. The van der Waals surface area contributed by atoms with Crippen LogP contribution in [0.15, 0.2) is 42.6 Å². The van der Waals surface area contributed by atoms with E-state index in [1.54, 1.807) is 51.4 Å². The summed E-state index contributed by atoms with van der Waals surface area (Å²) in [6.45, 7) is 7.55. The summed E-state index contributed by atoms with van der Waals surface area (Å²) in [5.41, 5.74) is 2.78. The van der Waals surface area contributed by atoms with Gasteiger partial charge in [0.15, 0.2) is 6.10 Å². The molecule has 3 rings (SSSR count). The molecule has 3 aromatic rings. The summed E-state index contributed by atoms with van der Waals surface area (Å²) >= 11 is 1.44. The summed E-state index contributed by atoms with van der Waals surface area (Å²) in [6, 6.07) is 10.9. The van der Waals surface area contributed by atoms with E-state index < -0.39 is 18.0 Å². The Kier molecular flexibility index (Phi) is 8.95. The topological polar surface area (TPSA) is 111 Å². The van der Waals surface area contributed by atoms with E-state index in [2.05, 4.69) is 15.3 Å². The number of aryl methyl sites for hydroxylation is 2. The molecule has 0 spiro atoms. The maximum absolute atomic E-state index is 13.2. The summed E-state index contributed by atoms with van der Waals surface area (Å²) < 4.78 is 11.0. The Bertz CT molecular complexity index is 1160. The molecule has 0 saturated heterocycles. The maximum atomic E-state index is 13.2. The maximum Gasteiger partial charge on any atom is 0.333 e. The van der Waals surface area contributed by atoms with Gasteiger partial charge in [0, 0.05) is 23.5 Å². The number of nitrogens with zero attached hydrogens (tertiary/aromatic N) is 2. The quantitative estimate of drug-likeness (QED) is 0.402. The molecule has 35 heavy (non-hydrogen) atoms. The van der Waals surface area contributed by atoms with E-state index in [0.29, 0.717) is 22.9 Å². The third-order valence-electron chi connectivity index (χ3n) is 5.50. The first-order valence-electron chi connectivity index (χ1n) is 11.5. The van der Waals surface area contributed by atoms with Crippen LogP contribution in [0.3, 0.4) is 0 Å². The molecule has 9 heteroatoms. The SMILES string of the molecule is CCc1sc(-c2ncccc2C)nc1C(=O)NCC(c1ccc(OC)cc1)C(OC(C)C)C(=O)O. The van der Waals surface area contributed by atoms with Gasteiger partial charge >= 0.3 is 5.97 Å². The fraction of sp³-hybridized carbons (Fsp3) is 0.385. The van der Waals surface area contributed by atoms with Crippen LogP contribution in [0.4, 0.5) is 0 Å². The molecule has 1 aromatic carbocycles. The number of methoxy groups -OCH3 is 1. The van der Waals surface area contributed by atoms with E-state index in [0.717, 1.165) is 21.7 Å². The van der Waals surface area contributed by atoms with Crippen LogP contribution in [0.25, 0.3) is 10.7 Å².